The van der Waals surface area contributed by atoms with E-state index in [0.29, 0.717) is 24.3 Å². The standard InChI is InChI=1S/C12H18N2O/c1-4-12(9(2)3)14-8-11-6-5-10(7-13)15-11/h5-6,9,12,14H,4,8H2,1-3H3. The molecular weight excluding hydrogens is 188 g/mol. The highest BCUT2D eigenvalue weighted by Crippen LogP contribution is 2.09. The predicted molar refractivity (Wildman–Crippen MR) is 59.2 cm³/mol. The molecule has 0 fully saturated rings. The lowest BCUT2D eigenvalue weighted by Gasteiger charge is -2.19. The molecule has 0 amide bonds. The molecule has 0 aromatic carbocycles. The van der Waals surface area contributed by atoms with Gasteiger partial charge < -0.3 is 9.73 Å². The molecule has 1 aromatic heterocycles. The van der Waals surface area contributed by atoms with Crippen molar-refractivity contribution in [1.82, 2.24) is 5.32 Å². The van der Waals surface area contributed by atoms with E-state index in [1.165, 1.54) is 0 Å². The van der Waals surface area contributed by atoms with E-state index in [0.717, 1.165) is 12.2 Å². The van der Waals surface area contributed by atoms with Crippen LogP contribution in [0.1, 0.15) is 38.7 Å². The predicted octanol–water partition coefficient (Wildman–Crippen LogP) is 2.68. The summed E-state index contributed by atoms with van der Waals surface area (Å²) in [5, 5.41) is 12.0. The van der Waals surface area contributed by atoms with Crippen LogP contribution in [0, 0.1) is 17.2 Å². The minimum atomic E-state index is 0.379. The fraction of sp³-hybridized carbons (Fsp3) is 0.583. The third-order valence-electron chi connectivity index (χ3n) is 2.55. The number of nitrogens with one attached hydrogen (secondary N) is 1. The average Bonchev–Trinajstić information content (AvgIpc) is 2.66. The van der Waals surface area contributed by atoms with Crippen LogP contribution in [0.2, 0.25) is 0 Å². The topological polar surface area (TPSA) is 49.0 Å². The SMILES string of the molecule is CCC(NCc1ccc(C#N)o1)C(C)C. The van der Waals surface area contributed by atoms with Gasteiger partial charge in [-0.2, -0.15) is 5.26 Å². The summed E-state index contributed by atoms with van der Waals surface area (Å²) in [7, 11) is 0. The second kappa shape index (κ2) is 5.57. The molecule has 0 saturated carbocycles. The van der Waals surface area contributed by atoms with Crippen LogP contribution >= 0.6 is 0 Å². The highest BCUT2D eigenvalue weighted by molar-refractivity contribution is 5.18. The van der Waals surface area contributed by atoms with Crippen molar-refractivity contribution in [2.45, 2.75) is 39.8 Å². The van der Waals surface area contributed by atoms with E-state index < -0.39 is 0 Å². The maximum absolute atomic E-state index is 8.60. The fourth-order valence-corrected chi connectivity index (χ4v) is 1.62. The second-order valence-electron chi connectivity index (χ2n) is 4.02. The van der Waals surface area contributed by atoms with Crippen molar-refractivity contribution in [3.05, 3.63) is 23.7 Å². The number of rotatable bonds is 5. The van der Waals surface area contributed by atoms with Crippen LogP contribution in [0.3, 0.4) is 0 Å². The summed E-state index contributed by atoms with van der Waals surface area (Å²) in [5.74, 6) is 1.82. The lowest BCUT2D eigenvalue weighted by molar-refractivity contribution is 0.365. The van der Waals surface area contributed by atoms with Gasteiger partial charge in [0.25, 0.3) is 0 Å². The molecule has 0 radical (unpaired) electrons. The summed E-state index contributed by atoms with van der Waals surface area (Å²) < 4.78 is 5.28. The van der Waals surface area contributed by atoms with Crippen LogP contribution < -0.4 is 5.32 Å². The number of hydrogen-bond donors (Lipinski definition) is 1. The molecule has 15 heavy (non-hydrogen) atoms. The molecule has 0 saturated heterocycles. The Balaban J connectivity index is 2.46. The van der Waals surface area contributed by atoms with Gasteiger partial charge in [0.05, 0.1) is 6.54 Å². The zero-order chi connectivity index (χ0) is 11.3. The zero-order valence-corrected chi connectivity index (χ0v) is 9.58. The minimum Gasteiger partial charge on any atom is -0.449 e. The zero-order valence-electron chi connectivity index (χ0n) is 9.58. The Hall–Kier alpha value is -1.27. The molecule has 1 rings (SSSR count). The van der Waals surface area contributed by atoms with Crippen molar-refractivity contribution in [3.63, 3.8) is 0 Å². The minimum absolute atomic E-state index is 0.379. The molecule has 0 aliphatic heterocycles. The summed E-state index contributed by atoms with van der Waals surface area (Å²) in [4.78, 5) is 0. The van der Waals surface area contributed by atoms with Crippen LogP contribution in [-0.2, 0) is 6.54 Å². The molecule has 82 valence electrons. The van der Waals surface area contributed by atoms with Gasteiger partial charge in [-0.15, -0.1) is 0 Å². The number of nitrogens with zero attached hydrogens (tertiary/aromatic N) is 1. The number of furan rings is 1. The first-order chi connectivity index (χ1) is 7.17. The smallest absolute Gasteiger partial charge is 0.203 e. The van der Waals surface area contributed by atoms with Crippen molar-refractivity contribution in [1.29, 1.82) is 5.26 Å². The van der Waals surface area contributed by atoms with Gasteiger partial charge in [0.1, 0.15) is 11.8 Å². The van der Waals surface area contributed by atoms with Gasteiger partial charge in [-0.25, -0.2) is 0 Å². The number of nitriles is 1. The summed E-state index contributed by atoms with van der Waals surface area (Å²) >= 11 is 0. The molecule has 1 unspecified atom stereocenters. The lowest BCUT2D eigenvalue weighted by atomic mass is 10.0. The van der Waals surface area contributed by atoms with Gasteiger partial charge in [0.2, 0.25) is 5.76 Å². The first-order valence-corrected chi connectivity index (χ1v) is 5.39. The molecule has 0 spiro atoms. The maximum Gasteiger partial charge on any atom is 0.203 e. The Kier molecular flexibility index (Phi) is 4.38. The second-order valence-corrected chi connectivity index (χ2v) is 4.02. The van der Waals surface area contributed by atoms with E-state index in [9.17, 15) is 0 Å². The maximum atomic E-state index is 8.60. The van der Waals surface area contributed by atoms with Gasteiger partial charge in [-0.1, -0.05) is 20.8 Å². The lowest BCUT2D eigenvalue weighted by Crippen LogP contribution is -2.32. The van der Waals surface area contributed by atoms with E-state index in [1.54, 1.807) is 6.07 Å². The third kappa shape index (κ3) is 3.41. The first kappa shape index (κ1) is 11.8. The van der Waals surface area contributed by atoms with Gasteiger partial charge in [-0.05, 0) is 24.5 Å². The highest BCUT2D eigenvalue weighted by Gasteiger charge is 2.10. The van der Waals surface area contributed by atoms with Gasteiger partial charge >= 0.3 is 0 Å². The van der Waals surface area contributed by atoms with Crippen LogP contribution in [0.4, 0.5) is 0 Å². The van der Waals surface area contributed by atoms with Crippen LogP contribution in [0.5, 0.6) is 0 Å². The van der Waals surface area contributed by atoms with Crippen LogP contribution in [0.25, 0.3) is 0 Å². The average molecular weight is 206 g/mol. The Bertz CT molecular complexity index is 336. The van der Waals surface area contributed by atoms with Crippen molar-refractivity contribution >= 4 is 0 Å². The molecule has 0 bridgehead atoms. The molecule has 0 aliphatic carbocycles. The Morgan fingerprint density at radius 2 is 2.20 bits per heavy atom. The largest absolute Gasteiger partial charge is 0.449 e. The Morgan fingerprint density at radius 1 is 1.47 bits per heavy atom. The van der Waals surface area contributed by atoms with Crippen molar-refractivity contribution < 1.29 is 4.42 Å². The number of hydrogen-bond acceptors (Lipinski definition) is 3. The molecule has 0 aliphatic rings. The van der Waals surface area contributed by atoms with Gasteiger partial charge in [-0.3, -0.25) is 0 Å². The van der Waals surface area contributed by atoms with Crippen molar-refractivity contribution in [2.75, 3.05) is 0 Å². The molecule has 3 heteroatoms. The van der Waals surface area contributed by atoms with E-state index in [-0.39, 0.29) is 0 Å². The van der Waals surface area contributed by atoms with E-state index in [4.69, 9.17) is 9.68 Å². The molecular formula is C12H18N2O. The van der Waals surface area contributed by atoms with E-state index in [1.807, 2.05) is 12.1 Å². The van der Waals surface area contributed by atoms with Gasteiger partial charge in [0.15, 0.2) is 0 Å². The summed E-state index contributed by atoms with van der Waals surface area (Å²) in [6, 6.07) is 6.03. The molecule has 1 heterocycles. The summed E-state index contributed by atoms with van der Waals surface area (Å²) in [5.41, 5.74) is 0. The molecule has 1 aromatic rings. The Labute approximate surface area is 91.1 Å². The van der Waals surface area contributed by atoms with E-state index >= 15 is 0 Å². The van der Waals surface area contributed by atoms with Crippen molar-refractivity contribution in [2.24, 2.45) is 5.92 Å². The fourth-order valence-electron chi connectivity index (χ4n) is 1.62. The quantitative estimate of drug-likeness (QED) is 0.805. The summed E-state index contributed by atoms with van der Waals surface area (Å²) in [6.07, 6.45) is 1.10. The van der Waals surface area contributed by atoms with Gasteiger partial charge in [0, 0.05) is 6.04 Å². The highest BCUT2D eigenvalue weighted by atomic mass is 16.3. The first-order valence-electron chi connectivity index (χ1n) is 5.39. The molecule has 3 nitrogen and oxygen atoms in total. The Morgan fingerprint density at radius 3 is 2.67 bits per heavy atom. The molecule has 1 atom stereocenters. The monoisotopic (exact) mass is 206 g/mol. The summed E-state index contributed by atoms with van der Waals surface area (Å²) in [6.45, 7) is 7.26. The third-order valence-corrected chi connectivity index (χ3v) is 2.55. The van der Waals surface area contributed by atoms with Crippen molar-refractivity contribution in [3.8, 4) is 6.07 Å². The molecule has 1 N–H and O–H groups in total. The van der Waals surface area contributed by atoms with Crippen LogP contribution in [0.15, 0.2) is 16.5 Å². The normalized spacial score (nSPS) is 12.7. The van der Waals surface area contributed by atoms with Crippen LogP contribution in [-0.4, -0.2) is 6.04 Å². The van der Waals surface area contributed by atoms with E-state index in [2.05, 4.69) is 26.1 Å².